The minimum absolute atomic E-state index is 0.154. The summed E-state index contributed by atoms with van der Waals surface area (Å²) in [6.07, 6.45) is 0.495. The molecular formula is C50H60O5S2. The van der Waals surface area contributed by atoms with Crippen LogP contribution in [0.5, 0.6) is 17.2 Å². The summed E-state index contributed by atoms with van der Waals surface area (Å²) >= 11 is 8.71. The molecule has 0 amide bonds. The van der Waals surface area contributed by atoms with Gasteiger partial charge in [0.2, 0.25) is 0 Å². The molecule has 0 spiro atoms. The molecule has 4 rings (SSSR count). The van der Waals surface area contributed by atoms with Crippen LogP contribution in [0.4, 0.5) is 0 Å². The first kappa shape index (κ1) is 50.2. The van der Waals surface area contributed by atoms with Gasteiger partial charge in [-0.3, -0.25) is 0 Å². The van der Waals surface area contributed by atoms with Crippen LogP contribution in [0, 0.1) is 66.1 Å². The number of aryl methyl sites for hydroxylation is 1. The number of aliphatic hydroxyl groups excluding tert-OH is 2. The van der Waals surface area contributed by atoms with Gasteiger partial charge in [0, 0.05) is 22.3 Å². The molecule has 4 aromatic carbocycles. The van der Waals surface area contributed by atoms with Crippen LogP contribution in [0.2, 0.25) is 0 Å². The molecule has 0 heterocycles. The summed E-state index contributed by atoms with van der Waals surface area (Å²) < 4.78 is 15.2. The van der Waals surface area contributed by atoms with E-state index in [1.807, 2.05) is 106 Å². The van der Waals surface area contributed by atoms with Crippen LogP contribution < -0.4 is 14.2 Å². The van der Waals surface area contributed by atoms with E-state index in [2.05, 4.69) is 112 Å². The topological polar surface area (TPSA) is 68.2 Å². The molecule has 0 aliphatic heterocycles. The fraction of sp³-hybridized carbons (Fsp3) is 0.360. The monoisotopic (exact) mass is 804 g/mol. The zero-order chi connectivity index (χ0) is 42.6. The first-order chi connectivity index (χ1) is 27.2. The molecule has 0 radical (unpaired) electrons. The third-order valence-corrected chi connectivity index (χ3v) is 8.98. The number of aliphatic hydroxyl groups is 2. The molecule has 2 N–H and O–H groups in total. The quantitative estimate of drug-likeness (QED) is 0.111. The minimum Gasteiger partial charge on any atom is -0.497 e. The van der Waals surface area contributed by atoms with E-state index >= 15 is 0 Å². The highest BCUT2D eigenvalue weighted by molar-refractivity contribution is 7.81. The van der Waals surface area contributed by atoms with Gasteiger partial charge in [0.15, 0.2) is 0 Å². The molecule has 4 atom stereocenters. The summed E-state index contributed by atoms with van der Waals surface area (Å²) in [6.45, 7) is 14.2. The Kier molecular flexibility index (Phi) is 25.9. The standard InChI is InChI=1S/C13H16O2.C13H16S.C12H14O2.C12H14OS/c1-10(2)13(14)8-7-11-5-4-6-12(9-11)15-3;1-10(2)13(14)8-7-12-6-4-5-11(3)9-12;1-3-11(13)8-7-10-5-4-6-12(9-10)14-2;1-3-12(14)8-7-10-5-4-6-11(9-10)13-2/h4-6,9-10,13-14H,1-3H3;4-6,9-10,13-14H,1-3H3;4-6,9,11,13H,3H2,1-2H3;4-6,9,12,14H,3H2,1-2H3. The molecule has 0 bridgehead atoms. The van der Waals surface area contributed by atoms with Gasteiger partial charge in [0.05, 0.1) is 31.8 Å². The van der Waals surface area contributed by atoms with Gasteiger partial charge in [-0.1, -0.05) is 119 Å². The number of ether oxygens (including phenoxy) is 3. The number of methoxy groups -OCH3 is 3. The van der Waals surface area contributed by atoms with E-state index in [9.17, 15) is 10.2 Å². The van der Waals surface area contributed by atoms with Crippen molar-refractivity contribution in [3.8, 4) is 64.6 Å². The van der Waals surface area contributed by atoms with E-state index in [-0.39, 0.29) is 16.4 Å². The van der Waals surface area contributed by atoms with Crippen molar-refractivity contribution in [2.45, 2.75) is 84.0 Å². The van der Waals surface area contributed by atoms with E-state index in [1.165, 1.54) is 5.56 Å². The van der Waals surface area contributed by atoms with Crippen LogP contribution in [0.15, 0.2) is 97.1 Å². The SMILES string of the molecule is CCC(O)C#Cc1cccc(OC)c1.CCC(S)C#Cc1cccc(OC)c1.COc1cccc(C#CC(O)C(C)C)c1.Cc1cccc(C#CC(S)C(C)C)c1. The van der Waals surface area contributed by atoms with Crippen molar-refractivity contribution in [2.24, 2.45) is 11.8 Å². The molecule has 0 saturated carbocycles. The third kappa shape index (κ3) is 23.1. The van der Waals surface area contributed by atoms with Crippen molar-refractivity contribution >= 4 is 25.3 Å². The van der Waals surface area contributed by atoms with Gasteiger partial charge < -0.3 is 24.4 Å². The Morgan fingerprint density at radius 2 is 0.930 bits per heavy atom. The summed E-state index contributed by atoms with van der Waals surface area (Å²) in [5.74, 6) is 26.8. The number of rotatable bonds is 7. The molecule has 4 unspecified atom stereocenters. The summed E-state index contributed by atoms with van der Waals surface area (Å²) in [5, 5.41) is 19.1. The maximum atomic E-state index is 9.51. The molecule has 0 aliphatic rings. The predicted molar refractivity (Wildman–Crippen MR) is 245 cm³/mol. The molecule has 0 aliphatic carbocycles. The minimum atomic E-state index is -0.573. The molecule has 0 fully saturated rings. The van der Waals surface area contributed by atoms with Crippen LogP contribution in [-0.2, 0) is 0 Å². The Morgan fingerprint density at radius 1 is 0.526 bits per heavy atom. The van der Waals surface area contributed by atoms with Gasteiger partial charge in [-0.15, -0.1) is 0 Å². The third-order valence-electron chi connectivity index (χ3n) is 7.76. The molecule has 5 nitrogen and oxygen atoms in total. The highest BCUT2D eigenvalue weighted by atomic mass is 32.1. The molecule has 302 valence electrons. The Morgan fingerprint density at radius 3 is 1.32 bits per heavy atom. The molecule has 0 aromatic heterocycles. The van der Waals surface area contributed by atoms with Gasteiger partial charge in [-0.05, 0) is 104 Å². The lowest BCUT2D eigenvalue weighted by atomic mass is 10.1. The summed E-state index contributed by atoms with van der Waals surface area (Å²) in [7, 11) is 4.89. The second kappa shape index (κ2) is 29.4. The van der Waals surface area contributed by atoms with Crippen molar-refractivity contribution in [3.05, 3.63) is 125 Å². The second-order valence-corrected chi connectivity index (χ2v) is 14.5. The lowest BCUT2D eigenvalue weighted by Gasteiger charge is -2.05. The van der Waals surface area contributed by atoms with E-state index in [1.54, 1.807) is 21.3 Å². The highest BCUT2D eigenvalue weighted by Crippen LogP contribution is 2.14. The van der Waals surface area contributed by atoms with E-state index in [4.69, 9.17) is 14.2 Å². The first-order valence-corrected chi connectivity index (χ1v) is 20.0. The van der Waals surface area contributed by atoms with Crippen molar-refractivity contribution in [1.82, 2.24) is 0 Å². The highest BCUT2D eigenvalue weighted by Gasteiger charge is 2.04. The molecule has 0 saturated heterocycles. The Hall–Kier alpha value is -4.86. The molecule has 4 aromatic rings. The largest absolute Gasteiger partial charge is 0.497 e. The maximum absolute atomic E-state index is 9.51. The average Bonchev–Trinajstić information content (AvgIpc) is 3.23. The van der Waals surface area contributed by atoms with E-state index in [0.717, 1.165) is 45.9 Å². The van der Waals surface area contributed by atoms with Crippen LogP contribution in [0.1, 0.15) is 82.2 Å². The van der Waals surface area contributed by atoms with Crippen molar-refractivity contribution in [2.75, 3.05) is 21.3 Å². The Bertz CT molecular complexity index is 1940. The number of hydrogen-bond donors (Lipinski definition) is 4. The second-order valence-electron chi connectivity index (χ2n) is 13.4. The molecule has 7 heteroatoms. The van der Waals surface area contributed by atoms with Crippen LogP contribution in [0.3, 0.4) is 0 Å². The normalized spacial score (nSPS) is 11.6. The van der Waals surface area contributed by atoms with Crippen molar-refractivity contribution in [1.29, 1.82) is 0 Å². The average molecular weight is 805 g/mol. The number of benzene rings is 4. The molecule has 57 heavy (non-hydrogen) atoms. The summed E-state index contributed by atoms with van der Waals surface area (Å²) in [4.78, 5) is 0. The van der Waals surface area contributed by atoms with E-state index in [0.29, 0.717) is 12.3 Å². The Balaban J connectivity index is 0.000000380. The van der Waals surface area contributed by atoms with Gasteiger partial charge in [0.1, 0.15) is 29.5 Å². The van der Waals surface area contributed by atoms with Gasteiger partial charge in [-0.2, -0.15) is 25.3 Å². The van der Waals surface area contributed by atoms with E-state index < -0.39 is 12.2 Å². The van der Waals surface area contributed by atoms with Gasteiger partial charge in [0.25, 0.3) is 0 Å². The zero-order valence-corrected chi connectivity index (χ0v) is 36.9. The van der Waals surface area contributed by atoms with Crippen LogP contribution in [0.25, 0.3) is 0 Å². The maximum Gasteiger partial charge on any atom is 0.120 e. The lowest BCUT2D eigenvalue weighted by molar-refractivity contribution is 0.181. The molecular weight excluding hydrogens is 745 g/mol. The first-order valence-electron chi connectivity index (χ1n) is 19.0. The smallest absolute Gasteiger partial charge is 0.120 e. The number of thiol groups is 2. The van der Waals surface area contributed by atoms with Crippen LogP contribution in [-0.4, -0.2) is 54.3 Å². The fourth-order valence-electron chi connectivity index (χ4n) is 4.01. The van der Waals surface area contributed by atoms with Crippen molar-refractivity contribution in [3.63, 3.8) is 0 Å². The van der Waals surface area contributed by atoms with Gasteiger partial charge in [-0.25, -0.2) is 0 Å². The lowest BCUT2D eigenvalue weighted by Crippen LogP contribution is -2.11. The Labute approximate surface area is 354 Å². The predicted octanol–water partition coefficient (Wildman–Crippen LogP) is 9.94. The summed E-state index contributed by atoms with van der Waals surface area (Å²) in [5.41, 5.74) is 5.00. The van der Waals surface area contributed by atoms with Gasteiger partial charge >= 0.3 is 0 Å². The number of hydrogen-bond acceptors (Lipinski definition) is 7. The zero-order valence-electron chi connectivity index (χ0n) is 35.1. The van der Waals surface area contributed by atoms with Crippen molar-refractivity contribution < 1.29 is 24.4 Å². The van der Waals surface area contributed by atoms with Crippen LogP contribution >= 0.6 is 25.3 Å². The summed E-state index contributed by atoms with van der Waals surface area (Å²) in [6, 6.07) is 30.9. The fourth-order valence-corrected chi connectivity index (χ4v) is 4.14.